The lowest BCUT2D eigenvalue weighted by molar-refractivity contribution is 0.574. The second-order valence-corrected chi connectivity index (χ2v) is 4.44. The molecule has 5 heteroatoms. The van der Waals surface area contributed by atoms with Crippen molar-refractivity contribution in [3.05, 3.63) is 60.0 Å². The maximum Gasteiger partial charge on any atom is 0.0893 e. The summed E-state index contributed by atoms with van der Waals surface area (Å²) < 4.78 is 1.81. The number of aryl methyl sites for hydroxylation is 1. The minimum atomic E-state index is -0.121. The van der Waals surface area contributed by atoms with Crippen molar-refractivity contribution in [1.29, 1.82) is 0 Å². The summed E-state index contributed by atoms with van der Waals surface area (Å²) in [4.78, 5) is 4.46. The predicted octanol–water partition coefficient (Wildman–Crippen LogP) is 1.52. The largest absolute Gasteiger partial charge is 0.271 e. The third-order valence-electron chi connectivity index (χ3n) is 3.27. The van der Waals surface area contributed by atoms with Crippen LogP contribution < -0.4 is 11.3 Å². The minimum Gasteiger partial charge on any atom is -0.271 e. The lowest BCUT2D eigenvalue weighted by Gasteiger charge is -2.16. The molecule has 0 fully saturated rings. The minimum absolute atomic E-state index is 0.121. The molecular weight excluding hydrogens is 238 g/mol. The Hall–Kier alpha value is -2.24. The number of nitrogens with zero attached hydrogens (tertiary/aromatic N) is 3. The highest BCUT2D eigenvalue weighted by atomic mass is 15.3. The van der Waals surface area contributed by atoms with Gasteiger partial charge >= 0.3 is 0 Å². The summed E-state index contributed by atoms with van der Waals surface area (Å²) in [5.41, 5.74) is 5.82. The zero-order chi connectivity index (χ0) is 13.2. The summed E-state index contributed by atoms with van der Waals surface area (Å²) in [6.07, 6.45) is 3.61. The molecule has 2 aromatic heterocycles. The Kier molecular flexibility index (Phi) is 2.98. The van der Waals surface area contributed by atoms with Gasteiger partial charge < -0.3 is 0 Å². The fraction of sp³-hybridized carbons (Fsp3) is 0.143. The molecule has 96 valence electrons. The highest BCUT2D eigenvalue weighted by molar-refractivity contribution is 5.78. The normalized spacial score (nSPS) is 12.7. The van der Waals surface area contributed by atoms with Crippen LogP contribution in [0, 0.1) is 0 Å². The first-order chi connectivity index (χ1) is 9.29. The quantitative estimate of drug-likeness (QED) is 0.548. The van der Waals surface area contributed by atoms with E-state index in [0.717, 1.165) is 22.2 Å². The van der Waals surface area contributed by atoms with E-state index in [4.69, 9.17) is 5.84 Å². The average Bonchev–Trinajstić information content (AvgIpc) is 2.86. The van der Waals surface area contributed by atoms with Crippen molar-refractivity contribution in [2.75, 3.05) is 0 Å². The third kappa shape index (κ3) is 2.09. The molecule has 1 unspecified atom stereocenters. The summed E-state index contributed by atoms with van der Waals surface area (Å²) in [5, 5.41) is 5.27. The molecule has 3 aromatic rings. The zero-order valence-electron chi connectivity index (χ0n) is 10.6. The Morgan fingerprint density at radius 1 is 1.26 bits per heavy atom. The molecule has 1 atom stereocenters. The van der Waals surface area contributed by atoms with Gasteiger partial charge in [-0.2, -0.15) is 5.10 Å². The summed E-state index contributed by atoms with van der Waals surface area (Å²) >= 11 is 0. The third-order valence-corrected chi connectivity index (χ3v) is 3.27. The van der Waals surface area contributed by atoms with Crippen LogP contribution in [-0.4, -0.2) is 14.8 Å². The number of hydrogen-bond donors (Lipinski definition) is 2. The number of fused-ring (bicyclic) bond motifs is 1. The van der Waals surface area contributed by atoms with Gasteiger partial charge in [-0.15, -0.1) is 0 Å². The van der Waals surface area contributed by atoms with Crippen molar-refractivity contribution in [1.82, 2.24) is 20.2 Å². The van der Waals surface area contributed by atoms with Crippen molar-refractivity contribution in [3.8, 4) is 0 Å². The fourth-order valence-corrected chi connectivity index (χ4v) is 2.27. The van der Waals surface area contributed by atoms with E-state index in [-0.39, 0.29) is 6.04 Å². The molecule has 5 nitrogen and oxygen atoms in total. The van der Waals surface area contributed by atoms with E-state index in [0.29, 0.717) is 0 Å². The summed E-state index contributed by atoms with van der Waals surface area (Å²) in [6.45, 7) is 0. The van der Waals surface area contributed by atoms with Crippen LogP contribution in [-0.2, 0) is 7.05 Å². The lowest BCUT2D eigenvalue weighted by atomic mass is 10.0. The maximum absolute atomic E-state index is 5.69. The molecule has 19 heavy (non-hydrogen) atoms. The highest BCUT2D eigenvalue weighted by Crippen LogP contribution is 2.23. The van der Waals surface area contributed by atoms with Crippen molar-refractivity contribution in [2.45, 2.75) is 6.04 Å². The first kappa shape index (κ1) is 11.8. The molecule has 0 aliphatic carbocycles. The average molecular weight is 253 g/mol. The smallest absolute Gasteiger partial charge is 0.0893 e. The van der Waals surface area contributed by atoms with Gasteiger partial charge in [-0.1, -0.05) is 18.2 Å². The molecule has 0 amide bonds. The van der Waals surface area contributed by atoms with E-state index in [1.54, 1.807) is 10.9 Å². The molecule has 0 bridgehead atoms. The van der Waals surface area contributed by atoms with Gasteiger partial charge in [0, 0.05) is 24.8 Å². The second-order valence-electron chi connectivity index (χ2n) is 4.44. The van der Waals surface area contributed by atoms with Crippen molar-refractivity contribution < 1.29 is 0 Å². The summed E-state index contributed by atoms with van der Waals surface area (Å²) in [5.74, 6) is 5.69. The van der Waals surface area contributed by atoms with E-state index in [1.807, 2.05) is 43.6 Å². The van der Waals surface area contributed by atoms with Gasteiger partial charge in [0.25, 0.3) is 0 Å². The maximum atomic E-state index is 5.69. The monoisotopic (exact) mass is 253 g/mol. The van der Waals surface area contributed by atoms with Gasteiger partial charge in [-0.05, 0) is 23.8 Å². The Morgan fingerprint density at radius 2 is 2.11 bits per heavy atom. The molecule has 0 spiro atoms. The topological polar surface area (TPSA) is 68.8 Å². The number of pyridine rings is 1. The molecule has 0 aliphatic rings. The first-order valence-corrected chi connectivity index (χ1v) is 6.08. The number of para-hydroxylation sites is 1. The van der Waals surface area contributed by atoms with Crippen LogP contribution in [0.3, 0.4) is 0 Å². The Bertz CT molecular complexity index is 704. The number of nitrogens with one attached hydrogen (secondary N) is 1. The molecule has 3 N–H and O–H groups in total. The molecule has 0 saturated carbocycles. The number of nitrogens with two attached hydrogens (primary N) is 1. The molecule has 3 rings (SSSR count). The van der Waals surface area contributed by atoms with Crippen LogP contribution in [0.5, 0.6) is 0 Å². The summed E-state index contributed by atoms with van der Waals surface area (Å²) in [7, 11) is 1.90. The lowest BCUT2D eigenvalue weighted by Crippen LogP contribution is -2.30. The van der Waals surface area contributed by atoms with Gasteiger partial charge in [0.15, 0.2) is 0 Å². The molecule has 0 aliphatic heterocycles. The van der Waals surface area contributed by atoms with Crippen LogP contribution in [0.1, 0.15) is 17.3 Å². The molecule has 1 aromatic carbocycles. The van der Waals surface area contributed by atoms with Gasteiger partial charge in [0.05, 0.1) is 17.3 Å². The SMILES string of the molecule is Cn1nccc1C(NN)c1cnc2ccccc2c1. The number of hydrazine groups is 1. The standard InChI is InChI=1S/C14H15N5/c1-19-13(6-7-17-19)14(18-15)11-8-10-4-2-3-5-12(10)16-9-11/h2-9,14,18H,15H2,1H3. The van der Waals surface area contributed by atoms with Gasteiger partial charge in [-0.3, -0.25) is 15.5 Å². The van der Waals surface area contributed by atoms with Crippen LogP contribution in [0.2, 0.25) is 0 Å². The Morgan fingerprint density at radius 3 is 2.84 bits per heavy atom. The highest BCUT2D eigenvalue weighted by Gasteiger charge is 2.16. The molecule has 0 saturated heterocycles. The molecule has 2 heterocycles. The van der Waals surface area contributed by atoms with E-state index >= 15 is 0 Å². The van der Waals surface area contributed by atoms with Crippen LogP contribution >= 0.6 is 0 Å². The van der Waals surface area contributed by atoms with E-state index in [9.17, 15) is 0 Å². The zero-order valence-corrected chi connectivity index (χ0v) is 10.6. The van der Waals surface area contributed by atoms with Crippen LogP contribution in [0.4, 0.5) is 0 Å². The van der Waals surface area contributed by atoms with Gasteiger partial charge in [0.2, 0.25) is 0 Å². The van der Waals surface area contributed by atoms with E-state index in [2.05, 4.69) is 21.6 Å². The van der Waals surface area contributed by atoms with Gasteiger partial charge in [0.1, 0.15) is 0 Å². The van der Waals surface area contributed by atoms with Crippen LogP contribution in [0.25, 0.3) is 10.9 Å². The van der Waals surface area contributed by atoms with Crippen molar-refractivity contribution >= 4 is 10.9 Å². The molecule has 0 radical (unpaired) electrons. The predicted molar refractivity (Wildman–Crippen MR) is 74.1 cm³/mol. The second kappa shape index (κ2) is 4.79. The van der Waals surface area contributed by atoms with Crippen molar-refractivity contribution in [2.24, 2.45) is 12.9 Å². The van der Waals surface area contributed by atoms with E-state index in [1.165, 1.54) is 0 Å². The number of rotatable bonds is 3. The number of aromatic nitrogens is 3. The van der Waals surface area contributed by atoms with Gasteiger partial charge in [-0.25, -0.2) is 5.43 Å². The van der Waals surface area contributed by atoms with Crippen LogP contribution in [0.15, 0.2) is 48.8 Å². The fourth-order valence-electron chi connectivity index (χ4n) is 2.27. The Labute approximate surface area is 111 Å². The number of benzene rings is 1. The molecular formula is C14H15N5. The first-order valence-electron chi connectivity index (χ1n) is 6.08. The van der Waals surface area contributed by atoms with Crippen molar-refractivity contribution in [3.63, 3.8) is 0 Å². The number of hydrogen-bond acceptors (Lipinski definition) is 4. The Balaban J connectivity index is 2.09. The summed E-state index contributed by atoms with van der Waals surface area (Å²) in [6, 6.07) is 11.9. The van der Waals surface area contributed by atoms with E-state index < -0.39 is 0 Å².